The van der Waals surface area contributed by atoms with Crippen LogP contribution in [0.1, 0.15) is 42.4 Å². The number of nitrogens with zero attached hydrogens (tertiary/aromatic N) is 1. The standard InChI is InChI=1S/C22H31N3O3/c1-14-9-17-11-20(28-19(17)10-15(14)2)22(27)25-8-4-5-16(13-25)12-24-21(26)18-6-3-7-23-18/h9-10,16,18,20,23H,3-8,11-13H2,1-2H3,(H,24,26). The van der Waals surface area contributed by atoms with E-state index in [4.69, 9.17) is 4.74 Å². The molecule has 1 aromatic carbocycles. The zero-order valence-corrected chi connectivity index (χ0v) is 16.9. The lowest BCUT2D eigenvalue weighted by Gasteiger charge is -2.34. The van der Waals surface area contributed by atoms with Gasteiger partial charge in [0.25, 0.3) is 5.91 Å². The third kappa shape index (κ3) is 4.02. The topological polar surface area (TPSA) is 70.7 Å². The number of aryl methyl sites for hydroxylation is 2. The summed E-state index contributed by atoms with van der Waals surface area (Å²) in [5, 5.41) is 6.31. The van der Waals surface area contributed by atoms with Crippen molar-refractivity contribution < 1.29 is 14.3 Å². The van der Waals surface area contributed by atoms with Crippen LogP contribution in [0.3, 0.4) is 0 Å². The second-order valence-electron chi connectivity index (χ2n) is 8.54. The zero-order valence-electron chi connectivity index (χ0n) is 16.9. The van der Waals surface area contributed by atoms with Crippen LogP contribution >= 0.6 is 0 Å². The summed E-state index contributed by atoms with van der Waals surface area (Å²) in [7, 11) is 0. The van der Waals surface area contributed by atoms with Crippen LogP contribution in [0.15, 0.2) is 12.1 Å². The van der Waals surface area contributed by atoms with Crippen LogP contribution in [-0.2, 0) is 16.0 Å². The lowest BCUT2D eigenvalue weighted by Crippen LogP contribution is -2.49. The van der Waals surface area contributed by atoms with Gasteiger partial charge in [0.2, 0.25) is 5.91 Å². The molecule has 0 aromatic heterocycles. The van der Waals surface area contributed by atoms with Gasteiger partial charge in [-0.05, 0) is 74.8 Å². The van der Waals surface area contributed by atoms with Gasteiger partial charge in [-0.1, -0.05) is 6.07 Å². The quantitative estimate of drug-likeness (QED) is 0.828. The predicted molar refractivity (Wildman–Crippen MR) is 107 cm³/mol. The Labute approximate surface area is 167 Å². The number of benzene rings is 1. The van der Waals surface area contributed by atoms with Gasteiger partial charge in [0.15, 0.2) is 6.10 Å². The first-order valence-electron chi connectivity index (χ1n) is 10.6. The summed E-state index contributed by atoms with van der Waals surface area (Å²) in [6.07, 6.45) is 4.25. The van der Waals surface area contributed by atoms with Gasteiger partial charge in [0, 0.05) is 26.1 Å². The molecule has 3 heterocycles. The number of hydrogen-bond donors (Lipinski definition) is 2. The molecule has 3 atom stereocenters. The molecule has 3 aliphatic rings. The summed E-state index contributed by atoms with van der Waals surface area (Å²) in [5.74, 6) is 1.35. The number of fused-ring (bicyclic) bond motifs is 1. The lowest BCUT2D eigenvalue weighted by molar-refractivity contribution is -0.139. The number of piperidine rings is 1. The summed E-state index contributed by atoms with van der Waals surface area (Å²) < 4.78 is 5.99. The molecule has 0 radical (unpaired) electrons. The predicted octanol–water partition coefficient (Wildman–Crippen LogP) is 1.71. The van der Waals surface area contributed by atoms with Crippen LogP contribution in [0.5, 0.6) is 5.75 Å². The van der Waals surface area contributed by atoms with E-state index < -0.39 is 6.10 Å². The van der Waals surface area contributed by atoms with Crippen LogP contribution in [0.4, 0.5) is 0 Å². The minimum Gasteiger partial charge on any atom is -0.480 e. The third-order valence-corrected chi connectivity index (χ3v) is 6.40. The fourth-order valence-corrected chi connectivity index (χ4v) is 4.56. The summed E-state index contributed by atoms with van der Waals surface area (Å²) in [6.45, 7) is 7.21. The maximum Gasteiger partial charge on any atom is 0.264 e. The molecule has 0 bridgehead atoms. The highest BCUT2D eigenvalue weighted by Gasteiger charge is 2.35. The lowest BCUT2D eigenvalue weighted by atomic mass is 9.96. The molecular formula is C22H31N3O3. The van der Waals surface area contributed by atoms with E-state index in [9.17, 15) is 9.59 Å². The van der Waals surface area contributed by atoms with Gasteiger partial charge in [-0.3, -0.25) is 9.59 Å². The molecular weight excluding hydrogens is 354 g/mol. The number of hydrogen-bond acceptors (Lipinski definition) is 4. The van der Waals surface area contributed by atoms with Crippen LogP contribution < -0.4 is 15.4 Å². The highest BCUT2D eigenvalue weighted by atomic mass is 16.5. The van der Waals surface area contributed by atoms with Gasteiger partial charge in [-0.15, -0.1) is 0 Å². The monoisotopic (exact) mass is 385 g/mol. The van der Waals surface area contributed by atoms with Crippen molar-refractivity contribution in [1.82, 2.24) is 15.5 Å². The SMILES string of the molecule is Cc1cc2c(cc1C)OC(C(=O)N1CCCC(CNC(=O)C3CCCN3)C1)C2. The van der Waals surface area contributed by atoms with Crippen molar-refractivity contribution in [3.05, 3.63) is 28.8 Å². The molecule has 3 aliphatic heterocycles. The molecule has 0 aliphatic carbocycles. The van der Waals surface area contributed by atoms with Crippen LogP contribution in [0.2, 0.25) is 0 Å². The Hall–Kier alpha value is -2.08. The number of ether oxygens (including phenoxy) is 1. The molecule has 28 heavy (non-hydrogen) atoms. The van der Waals surface area contributed by atoms with Crippen molar-refractivity contribution in [3.63, 3.8) is 0 Å². The third-order valence-electron chi connectivity index (χ3n) is 6.40. The Morgan fingerprint density at radius 1 is 1.21 bits per heavy atom. The zero-order chi connectivity index (χ0) is 19.7. The van der Waals surface area contributed by atoms with Crippen molar-refractivity contribution >= 4 is 11.8 Å². The summed E-state index contributed by atoms with van der Waals surface area (Å²) in [5.41, 5.74) is 3.56. The minimum atomic E-state index is -0.410. The van der Waals surface area contributed by atoms with E-state index in [-0.39, 0.29) is 17.9 Å². The summed E-state index contributed by atoms with van der Waals surface area (Å²) in [6, 6.07) is 4.14. The Balaban J connectivity index is 1.30. The molecule has 152 valence electrons. The van der Waals surface area contributed by atoms with E-state index in [1.165, 1.54) is 11.1 Å². The number of amides is 2. The summed E-state index contributed by atoms with van der Waals surface area (Å²) in [4.78, 5) is 27.2. The van der Waals surface area contributed by atoms with Gasteiger partial charge >= 0.3 is 0 Å². The van der Waals surface area contributed by atoms with Gasteiger partial charge in [0.05, 0.1) is 6.04 Å². The maximum atomic E-state index is 13.0. The molecule has 0 spiro atoms. The molecule has 2 fully saturated rings. The highest BCUT2D eigenvalue weighted by Crippen LogP contribution is 2.32. The van der Waals surface area contributed by atoms with Crippen molar-refractivity contribution in [3.8, 4) is 5.75 Å². The fraction of sp³-hybridized carbons (Fsp3) is 0.636. The van der Waals surface area contributed by atoms with Crippen LogP contribution in [0.25, 0.3) is 0 Å². The molecule has 0 saturated carbocycles. The van der Waals surface area contributed by atoms with Gasteiger partial charge in [0.1, 0.15) is 5.75 Å². The Bertz CT molecular complexity index is 727. The van der Waals surface area contributed by atoms with Crippen molar-refractivity contribution in [2.24, 2.45) is 5.92 Å². The number of rotatable bonds is 4. The minimum absolute atomic E-state index is 0.0429. The van der Waals surface area contributed by atoms with Crippen LogP contribution in [0, 0.1) is 19.8 Å². The average molecular weight is 386 g/mol. The molecule has 6 nitrogen and oxygen atoms in total. The van der Waals surface area contributed by atoms with E-state index in [1.54, 1.807) is 0 Å². The molecule has 6 heteroatoms. The maximum absolute atomic E-state index is 13.0. The van der Waals surface area contributed by atoms with E-state index in [0.717, 1.165) is 50.1 Å². The van der Waals surface area contributed by atoms with E-state index in [0.29, 0.717) is 25.4 Å². The number of carbonyl (C=O) groups excluding carboxylic acids is 2. The molecule has 2 amide bonds. The number of likely N-dealkylation sites (tertiary alicyclic amines) is 1. The van der Waals surface area contributed by atoms with E-state index in [1.807, 2.05) is 11.0 Å². The van der Waals surface area contributed by atoms with Gasteiger partial charge in [-0.2, -0.15) is 0 Å². The van der Waals surface area contributed by atoms with E-state index >= 15 is 0 Å². The first-order chi connectivity index (χ1) is 13.5. The number of nitrogens with one attached hydrogen (secondary N) is 2. The molecule has 3 unspecified atom stereocenters. The second-order valence-corrected chi connectivity index (χ2v) is 8.54. The summed E-state index contributed by atoms with van der Waals surface area (Å²) >= 11 is 0. The fourth-order valence-electron chi connectivity index (χ4n) is 4.56. The van der Waals surface area contributed by atoms with Crippen molar-refractivity contribution in [2.75, 3.05) is 26.2 Å². The van der Waals surface area contributed by atoms with Crippen LogP contribution in [-0.4, -0.2) is 55.0 Å². The first kappa shape index (κ1) is 19.2. The largest absolute Gasteiger partial charge is 0.480 e. The Kier molecular flexibility index (Phi) is 5.58. The number of carbonyl (C=O) groups is 2. The molecule has 2 N–H and O–H groups in total. The normalized spacial score (nSPS) is 26.6. The Morgan fingerprint density at radius 2 is 2.04 bits per heavy atom. The smallest absolute Gasteiger partial charge is 0.264 e. The van der Waals surface area contributed by atoms with Gasteiger partial charge in [-0.25, -0.2) is 0 Å². The average Bonchev–Trinajstić information content (AvgIpc) is 3.36. The second kappa shape index (κ2) is 8.11. The Morgan fingerprint density at radius 3 is 2.82 bits per heavy atom. The van der Waals surface area contributed by atoms with Gasteiger partial charge < -0.3 is 20.3 Å². The molecule has 2 saturated heterocycles. The highest BCUT2D eigenvalue weighted by molar-refractivity contribution is 5.83. The van der Waals surface area contributed by atoms with Crippen molar-refractivity contribution in [2.45, 2.75) is 58.1 Å². The first-order valence-corrected chi connectivity index (χ1v) is 10.6. The molecule has 1 aromatic rings. The molecule has 4 rings (SSSR count). The van der Waals surface area contributed by atoms with E-state index in [2.05, 4.69) is 30.5 Å². The van der Waals surface area contributed by atoms with Crippen molar-refractivity contribution in [1.29, 1.82) is 0 Å².